The average Bonchev–Trinajstić information content (AvgIpc) is 3.39. The first-order valence-corrected chi connectivity index (χ1v) is 13.8. The largest absolute Gasteiger partial charge is 0.436 e. The van der Waals surface area contributed by atoms with Gasteiger partial charge in [0.15, 0.2) is 29.9 Å². The first kappa shape index (κ1) is 27.2. The molecular formula is C26H32N8O7. The van der Waals surface area contributed by atoms with E-state index in [4.69, 9.17) is 15.2 Å². The Bertz CT molecular complexity index is 1410. The third-order valence-corrected chi connectivity index (χ3v) is 7.85. The molecule has 1 aliphatic carbocycles. The number of anilines is 1. The van der Waals surface area contributed by atoms with Crippen LogP contribution in [-0.4, -0.2) is 103 Å². The number of hydrogen-bond acceptors (Lipinski definition) is 11. The molecule has 6 rings (SSSR count). The highest BCUT2D eigenvalue weighted by Gasteiger charge is 2.48. The first-order chi connectivity index (χ1) is 19.8. The van der Waals surface area contributed by atoms with Gasteiger partial charge in [-0.25, -0.2) is 19.7 Å². The Morgan fingerprint density at radius 1 is 1.17 bits per heavy atom. The van der Waals surface area contributed by atoms with E-state index in [0.717, 1.165) is 25.7 Å². The first-order valence-electron chi connectivity index (χ1n) is 13.8. The number of aliphatic hydroxyl groups excluding tert-OH is 2. The molecule has 2 aromatic rings. The van der Waals surface area contributed by atoms with Crippen molar-refractivity contribution in [1.82, 2.24) is 35.1 Å². The van der Waals surface area contributed by atoms with Crippen molar-refractivity contribution in [3.05, 3.63) is 12.2 Å². The Balaban J connectivity index is 1.08. The Labute approximate surface area is 234 Å². The monoisotopic (exact) mass is 568 g/mol. The molecule has 1 saturated carbocycles. The molecule has 0 bridgehead atoms. The molecule has 3 saturated heterocycles. The Hall–Kier alpha value is -4.00. The summed E-state index contributed by atoms with van der Waals surface area (Å²) in [6.07, 6.45) is -0.699. The lowest BCUT2D eigenvalue weighted by molar-refractivity contribution is -0.137. The predicted octanol–water partition coefficient (Wildman–Crippen LogP) is -1.21. The van der Waals surface area contributed by atoms with Gasteiger partial charge in [-0.05, 0) is 37.5 Å². The van der Waals surface area contributed by atoms with Gasteiger partial charge in [-0.3, -0.25) is 14.2 Å². The van der Waals surface area contributed by atoms with E-state index in [1.165, 1.54) is 10.9 Å². The van der Waals surface area contributed by atoms with Crippen LogP contribution in [0.25, 0.3) is 11.2 Å². The molecule has 4 aliphatic rings. The van der Waals surface area contributed by atoms with Gasteiger partial charge < -0.3 is 41.0 Å². The number of piperidine rings is 1. The van der Waals surface area contributed by atoms with Crippen molar-refractivity contribution < 1.29 is 34.1 Å². The van der Waals surface area contributed by atoms with Crippen LogP contribution >= 0.6 is 0 Å². The van der Waals surface area contributed by atoms with E-state index in [0.29, 0.717) is 32.5 Å². The lowest BCUT2D eigenvalue weighted by atomic mass is 9.94. The molecule has 4 fully saturated rings. The number of nitrogen functional groups attached to an aromatic ring is 1. The lowest BCUT2D eigenvalue weighted by Crippen LogP contribution is -2.43. The number of ether oxygens (including phenoxy) is 2. The maximum absolute atomic E-state index is 12.5. The molecular weight excluding hydrogens is 536 g/mol. The highest BCUT2D eigenvalue weighted by molar-refractivity contribution is 5.85. The number of aromatic nitrogens is 4. The minimum Gasteiger partial charge on any atom is -0.436 e. The summed E-state index contributed by atoms with van der Waals surface area (Å²) in [5.41, 5.74) is 6.64. The zero-order valence-electron chi connectivity index (χ0n) is 22.2. The fraction of sp³-hybridized carbons (Fsp3) is 0.615. The van der Waals surface area contributed by atoms with Crippen molar-refractivity contribution in [3.63, 3.8) is 0 Å². The molecule has 5 heterocycles. The van der Waals surface area contributed by atoms with Crippen LogP contribution in [0.15, 0.2) is 6.33 Å². The molecule has 15 nitrogen and oxygen atoms in total. The normalized spacial score (nSPS) is 28.3. The van der Waals surface area contributed by atoms with Crippen LogP contribution in [0.3, 0.4) is 0 Å². The zero-order valence-corrected chi connectivity index (χ0v) is 22.2. The number of imidazole rings is 1. The number of carbonyl (C=O) groups excluding carboxylic acids is 3. The van der Waals surface area contributed by atoms with Crippen LogP contribution in [0.1, 0.15) is 50.6 Å². The zero-order chi connectivity index (χ0) is 28.7. The van der Waals surface area contributed by atoms with Crippen molar-refractivity contribution in [3.8, 4) is 11.8 Å². The molecule has 6 N–H and O–H groups in total. The van der Waals surface area contributed by atoms with Crippen molar-refractivity contribution in [2.75, 3.05) is 25.4 Å². The molecule has 2 unspecified atom stereocenters. The number of hydrogen-bond donors (Lipinski definition) is 5. The maximum atomic E-state index is 12.5. The second kappa shape index (κ2) is 11.1. The van der Waals surface area contributed by atoms with Crippen molar-refractivity contribution >= 4 is 34.9 Å². The second-order valence-electron chi connectivity index (χ2n) is 10.9. The van der Waals surface area contributed by atoms with Crippen molar-refractivity contribution in [1.29, 1.82) is 0 Å². The molecule has 0 aromatic carbocycles. The van der Waals surface area contributed by atoms with Crippen LogP contribution in [0.5, 0.6) is 0 Å². The van der Waals surface area contributed by atoms with E-state index in [1.54, 1.807) is 4.90 Å². The summed E-state index contributed by atoms with van der Waals surface area (Å²) in [5.74, 6) is 5.81. The number of carbonyl (C=O) groups is 3. The van der Waals surface area contributed by atoms with Gasteiger partial charge in [0, 0.05) is 38.5 Å². The summed E-state index contributed by atoms with van der Waals surface area (Å²) in [4.78, 5) is 51.1. The van der Waals surface area contributed by atoms with Gasteiger partial charge in [0.05, 0.1) is 6.33 Å². The summed E-state index contributed by atoms with van der Waals surface area (Å²) in [6.45, 7) is 1.55. The van der Waals surface area contributed by atoms with Crippen LogP contribution < -0.4 is 16.4 Å². The second-order valence-corrected chi connectivity index (χ2v) is 10.9. The van der Waals surface area contributed by atoms with Gasteiger partial charge in [0.25, 0.3) is 11.8 Å². The molecule has 15 heteroatoms. The number of amides is 3. The molecule has 41 heavy (non-hydrogen) atoms. The minimum absolute atomic E-state index is 0.0765. The summed E-state index contributed by atoms with van der Waals surface area (Å²) in [7, 11) is 0. The number of nitrogens with one attached hydrogen (secondary N) is 2. The maximum Gasteiger partial charge on any atom is 0.410 e. The summed E-state index contributed by atoms with van der Waals surface area (Å²) in [6, 6.07) is 0.0765. The number of rotatable bonds is 5. The van der Waals surface area contributed by atoms with Gasteiger partial charge in [-0.1, -0.05) is 5.92 Å². The number of likely N-dealkylation sites (tertiary alicyclic amines) is 1. The quantitative estimate of drug-likeness (QED) is 0.270. The number of nitrogens with two attached hydrogens (primary N) is 1. The smallest absolute Gasteiger partial charge is 0.410 e. The topological polar surface area (TPSA) is 207 Å². The highest BCUT2D eigenvalue weighted by Crippen LogP contribution is 2.33. The molecule has 218 valence electrons. The van der Waals surface area contributed by atoms with Crippen molar-refractivity contribution in [2.24, 2.45) is 5.92 Å². The number of nitrogens with zero attached hydrogens (tertiary/aromatic N) is 5. The lowest BCUT2D eigenvalue weighted by Gasteiger charge is -2.31. The molecule has 3 amide bonds. The van der Waals surface area contributed by atoms with E-state index in [2.05, 4.69) is 37.4 Å². The van der Waals surface area contributed by atoms with E-state index >= 15 is 0 Å². The third-order valence-electron chi connectivity index (χ3n) is 7.85. The van der Waals surface area contributed by atoms with Crippen LogP contribution in [0.2, 0.25) is 0 Å². The van der Waals surface area contributed by atoms with Gasteiger partial charge in [0.2, 0.25) is 5.82 Å². The van der Waals surface area contributed by atoms with Gasteiger partial charge in [-0.2, -0.15) is 0 Å². The average molecular weight is 569 g/mol. The van der Waals surface area contributed by atoms with Crippen LogP contribution in [0, 0.1) is 17.8 Å². The van der Waals surface area contributed by atoms with Crippen LogP contribution in [0.4, 0.5) is 10.6 Å². The van der Waals surface area contributed by atoms with E-state index in [1.807, 2.05) is 0 Å². The van der Waals surface area contributed by atoms with Gasteiger partial charge in [-0.15, -0.1) is 0 Å². The summed E-state index contributed by atoms with van der Waals surface area (Å²) >= 11 is 0. The van der Waals surface area contributed by atoms with E-state index in [9.17, 15) is 24.6 Å². The van der Waals surface area contributed by atoms with Gasteiger partial charge >= 0.3 is 6.09 Å². The number of fused-ring (bicyclic) bond motifs is 1. The third kappa shape index (κ3) is 5.63. The summed E-state index contributed by atoms with van der Waals surface area (Å²) < 4.78 is 12.5. The number of aliphatic hydroxyl groups is 2. The highest BCUT2D eigenvalue weighted by atomic mass is 16.6. The summed E-state index contributed by atoms with van der Waals surface area (Å²) in [5, 5.41) is 26.6. The fourth-order valence-corrected chi connectivity index (χ4v) is 5.27. The predicted molar refractivity (Wildman–Crippen MR) is 141 cm³/mol. The van der Waals surface area contributed by atoms with E-state index < -0.39 is 42.6 Å². The molecule has 0 spiro atoms. The molecule has 3 aliphatic heterocycles. The van der Waals surface area contributed by atoms with E-state index in [-0.39, 0.29) is 40.7 Å². The fourth-order valence-electron chi connectivity index (χ4n) is 5.27. The molecule has 2 aromatic heterocycles. The SMILES string of the molecule is Nc1nc(C#CCC2CCN(C(=O)OC3CCNC3=O)CC2)nc2c1ncn2[C@@H]1O[C@H](C(=O)NC2CC2)[C@H](O)C1O. The van der Waals surface area contributed by atoms with Crippen molar-refractivity contribution in [2.45, 2.75) is 75.2 Å². The minimum atomic E-state index is -1.43. The molecule has 0 radical (unpaired) electrons. The molecule has 5 atom stereocenters. The Morgan fingerprint density at radius 3 is 2.66 bits per heavy atom. The van der Waals surface area contributed by atoms with Crippen LogP contribution in [-0.2, 0) is 19.1 Å². The Kier molecular flexibility index (Phi) is 7.37. The standard InChI is InChI=1S/C26H32N8O7/c27-21-17-22(34(12-29-17)25-19(36)18(35)20(41-25)24(38)30-14-4-5-14)32-16(31-21)3-1-2-13-7-10-33(11-8-13)26(39)40-15-6-9-28-23(15)37/h12-15,18-20,25,35-36H,2,4-11H2,(H,28,37)(H,30,38)(H2,27,31,32)/t15?,18-,19?,20+,25-/m1/s1. The Morgan fingerprint density at radius 2 is 1.95 bits per heavy atom. The van der Waals surface area contributed by atoms with Gasteiger partial charge in [0.1, 0.15) is 17.7 Å².